The maximum atomic E-state index is 10.1. The highest BCUT2D eigenvalue weighted by Gasteiger charge is 2.25. The fourth-order valence-corrected chi connectivity index (χ4v) is 2.05. The van der Waals surface area contributed by atoms with Crippen LogP contribution in [0.5, 0.6) is 0 Å². The van der Waals surface area contributed by atoms with E-state index in [4.69, 9.17) is 0 Å². The molecule has 1 N–H and O–H groups in total. The van der Waals surface area contributed by atoms with Gasteiger partial charge in [0, 0.05) is 5.92 Å². The van der Waals surface area contributed by atoms with Crippen LogP contribution in [0.2, 0.25) is 0 Å². The summed E-state index contributed by atoms with van der Waals surface area (Å²) in [6.07, 6.45) is 3.90. The van der Waals surface area contributed by atoms with Gasteiger partial charge in [0.15, 0.2) is 0 Å². The third-order valence-corrected chi connectivity index (χ3v) is 2.95. The minimum Gasteiger partial charge on any atom is -0.388 e. The lowest BCUT2D eigenvalue weighted by molar-refractivity contribution is 0.106. The molecule has 2 atom stereocenters. The first-order chi connectivity index (χ1) is 6.70. The third-order valence-electron chi connectivity index (χ3n) is 2.95. The molecule has 0 saturated carbocycles. The standard InChI is InChI=1S/C13H16O.ClH/c1-9(2)11-8-7-10-5-3-4-6-12(10)13(11)14;/h3-9,11,13-14H,1-2H3;1H. The van der Waals surface area contributed by atoms with Crippen molar-refractivity contribution < 1.29 is 5.11 Å². The van der Waals surface area contributed by atoms with E-state index in [1.807, 2.05) is 24.3 Å². The summed E-state index contributed by atoms with van der Waals surface area (Å²) >= 11 is 0. The fourth-order valence-electron chi connectivity index (χ4n) is 2.05. The summed E-state index contributed by atoms with van der Waals surface area (Å²) in [5, 5.41) is 10.1. The quantitative estimate of drug-likeness (QED) is 0.775. The van der Waals surface area contributed by atoms with Gasteiger partial charge in [-0.15, -0.1) is 12.4 Å². The highest BCUT2D eigenvalue weighted by molar-refractivity contribution is 5.85. The Labute approximate surface area is 97.2 Å². The van der Waals surface area contributed by atoms with Crippen LogP contribution >= 0.6 is 12.4 Å². The van der Waals surface area contributed by atoms with Gasteiger partial charge in [-0.2, -0.15) is 0 Å². The van der Waals surface area contributed by atoms with Crippen molar-refractivity contribution in [1.82, 2.24) is 0 Å². The van der Waals surface area contributed by atoms with Crippen molar-refractivity contribution in [2.24, 2.45) is 11.8 Å². The van der Waals surface area contributed by atoms with Crippen LogP contribution in [0, 0.1) is 11.8 Å². The van der Waals surface area contributed by atoms with Gasteiger partial charge in [0.2, 0.25) is 0 Å². The first kappa shape index (κ1) is 12.3. The van der Waals surface area contributed by atoms with Crippen molar-refractivity contribution in [2.75, 3.05) is 0 Å². The zero-order valence-corrected chi connectivity index (χ0v) is 9.87. The number of rotatable bonds is 1. The molecule has 2 heteroatoms. The number of aliphatic hydroxyl groups excluding tert-OH is 1. The molecule has 1 aliphatic rings. The zero-order chi connectivity index (χ0) is 10.1. The van der Waals surface area contributed by atoms with Gasteiger partial charge < -0.3 is 5.11 Å². The lowest BCUT2D eigenvalue weighted by Gasteiger charge is -2.28. The van der Waals surface area contributed by atoms with Gasteiger partial charge in [-0.3, -0.25) is 0 Å². The number of hydrogen-bond acceptors (Lipinski definition) is 1. The molecule has 0 aromatic heterocycles. The lowest BCUT2D eigenvalue weighted by atomic mass is 9.81. The predicted molar refractivity (Wildman–Crippen MR) is 66.0 cm³/mol. The Balaban J connectivity index is 0.00000112. The second kappa shape index (κ2) is 4.82. The van der Waals surface area contributed by atoms with E-state index >= 15 is 0 Å². The Morgan fingerprint density at radius 3 is 2.53 bits per heavy atom. The zero-order valence-electron chi connectivity index (χ0n) is 9.05. The van der Waals surface area contributed by atoms with Gasteiger partial charge in [0.25, 0.3) is 0 Å². The van der Waals surface area contributed by atoms with E-state index in [1.54, 1.807) is 0 Å². The van der Waals surface area contributed by atoms with E-state index in [1.165, 1.54) is 0 Å². The van der Waals surface area contributed by atoms with Gasteiger partial charge in [0.1, 0.15) is 0 Å². The Hall–Kier alpha value is -0.790. The smallest absolute Gasteiger partial charge is 0.0860 e. The Morgan fingerprint density at radius 2 is 1.87 bits per heavy atom. The summed E-state index contributed by atoms with van der Waals surface area (Å²) in [7, 11) is 0. The van der Waals surface area contributed by atoms with Crippen LogP contribution < -0.4 is 0 Å². The normalized spacial score (nSPS) is 23.5. The largest absolute Gasteiger partial charge is 0.388 e. The van der Waals surface area contributed by atoms with E-state index in [-0.39, 0.29) is 24.4 Å². The van der Waals surface area contributed by atoms with Gasteiger partial charge >= 0.3 is 0 Å². The molecule has 0 spiro atoms. The predicted octanol–water partition coefficient (Wildman–Crippen LogP) is 3.44. The van der Waals surface area contributed by atoms with Crippen molar-refractivity contribution in [3.63, 3.8) is 0 Å². The molecule has 1 nitrogen and oxygen atoms in total. The van der Waals surface area contributed by atoms with Crippen molar-refractivity contribution >= 4 is 18.5 Å². The number of aliphatic hydroxyl groups is 1. The number of fused-ring (bicyclic) bond motifs is 1. The van der Waals surface area contributed by atoms with Crippen LogP contribution in [0.4, 0.5) is 0 Å². The van der Waals surface area contributed by atoms with Crippen LogP contribution in [0.15, 0.2) is 30.3 Å². The molecule has 0 aliphatic heterocycles. The summed E-state index contributed by atoms with van der Waals surface area (Å²) < 4.78 is 0. The highest BCUT2D eigenvalue weighted by Crippen LogP contribution is 2.35. The molecule has 82 valence electrons. The van der Waals surface area contributed by atoms with Crippen molar-refractivity contribution in [3.8, 4) is 0 Å². The molecule has 0 heterocycles. The first-order valence-electron chi connectivity index (χ1n) is 5.15. The molecule has 0 radical (unpaired) electrons. The topological polar surface area (TPSA) is 20.2 Å². The maximum Gasteiger partial charge on any atom is 0.0860 e. The molecular weight excluding hydrogens is 208 g/mol. The van der Waals surface area contributed by atoms with E-state index in [9.17, 15) is 5.11 Å². The molecule has 2 rings (SSSR count). The average Bonchev–Trinajstić information content (AvgIpc) is 2.18. The lowest BCUT2D eigenvalue weighted by Crippen LogP contribution is -2.19. The summed E-state index contributed by atoms with van der Waals surface area (Å²) in [6, 6.07) is 8.05. The van der Waals surface area contributed by atoms with Gasteiger partial charge in [-0.1, -0.05) is 50.3 Å². The molecule has 15 heavy (non-hydrogen) atoms. The van der Waals surface area contributed by atoms with Gasteiger partial charge in [0.05, 0.1) is 6.10 Å². The minimum atomic E-state index is -0.337. The molecule has 1 aromatic carbocycles. The van der Waals surface area contributed by atoms with Crippen LogP contribution in [0.25, 0.3) is 6.08 Å². The second-order valence-electron chi connectivity index (χ2n) is 4.25. The van der Waals surface area contributed by atoms with Crippen LogP contribution in [0.3, 0.4) is 0 Å². The third kappa shape index (κ3) is 2.24. The second-order valence-corrected chi connectivity index (χ2v) is 4.25. The summed E-state index contributed by atoms with van der Waals surface area (Å²) in [5.41, 5.74) is 2.21. The Bertz CT molecular complexity index is 357. The highest BCUT2D eigenvalue weighted by atomic mass is 35.5. The van der Waals surface area contributed by atoms with Gasteiger partial charge in [-0.25, -0.2) is 0 Å². The molecular formula is C13H17ClO. The maximum absolute atomic E-state index is 10.1. The fraction of sp³-hybridized carbons (Fsp3) is 0.385. The molecule has 0 amide bonds. The van der Waals surface area contributed by atoms with E-state index in [0.29, 0.717) is 5.92 Å². The van der Waals surface area contributed by atoms with Crippen molar-refractivity contribution in [2.45, 2.75) is 20.0 Å². The molecule has 1 aromatic rings. The average molecular weight is 225 g/mol. The van der Waals surface area contributed by atoms with Gasteiger partial charge in [-0.05, 0) is 17.0 Å². The molecule has 0 saturated heterocycles. The molecule has 0 fully saturated rings. The number of benzene rings is 1. The summed E-state index contributed by atoms with van der Waals surface area (Å²) in [4.78, 5) is 0. The van der Waals surface area contributed by atoms with E-state index < -0.39 is 0 Å². The monoisotopic (exact) mass is 224 g/mol. The number of hydrogen-bond donors (Lipinski definition) is 1. The SMILES string of the molecule is CC(C)C1C=Cc2ccccc2C1O.Cl. The molecule has 1 aliphatic carbocycles. The van der Waals surface area contributed by atoms with Crippen LogP contribution in [-0.4, -0.2) is 5.11 Å². The minimum absolute atomic E-state index is 0. The summed E-state index contributed by atoms with van der Waals surface area (Å²) in [5.74, 6) is 0.736. The van der Waals surface area contributed by atoms with Crippen molar-refractivity contribution in [1.29, 1.82) is 0 Å². The molecule has 2 unspecified atom stereocenters. The van der Waals surface area contributed by atoms with E-state index in [0.717, 1.165) is 11.1 Å². The van der Waals surface area contributed by atoms with Crippen molar-refractivity contribution in [3.05, 3.63) is 41.5 Å². The molecule has 0 bridgehead atoms. The number of halogens is 1. The van der Waals surface area contributed by atoms with Crippen LogP contribution in [-0.2, 0) is 0 Å². The first-order valence-corrected chi connectivity index (χ1v) is 5.15. The summed E-state index contributed by atoms with van der Waals surface area (Å²) in [6.45, 7) is 4.29. The Morgan fingerprint density at radius 1 is 1.20 bits per heavy atom. The Kier molecular flexibility index (Phi) is 3.95. The van der Waals surface area contributed by atoms with E-state index in [2.05, 4.69) is 26.0 Å². The van der Waals surface area contributed by atoms with Crippen LogP contribution in [0.1, 0.15) is 31.1 Å².